The Morgan fingerprint density at radius 3 is 2.62 bits per heavy atom. The highest BCUT2D eigenvalue weighted by Crippen LogP contribution is 2.44. The van der Waals surface area contributed by atoms with E-state index in [4.69, 9.17) is 15.2 Å². The molecule has 0 aliphatic carbocycles. The van der Waals surface area contributed by atoms with Gasteiger partial charge in [-0.2, -0.15) is 5.26 Å². The van der Waals surface area contributed by atoms with Gasteiger partial charge in [-0.15, -0.1) is 5.10 Å². The molecule has 2 aliphatic heterocycles. The van der Waals surface area contributed by atoms with E-state index in [-0.39, 0.29) is 17.6 Å². The summed E-state index contributed by atoms with van der Waals surface area (Å²) in [5, 5.41) is 17.4. The molecule has 192 valence electrons. The number of aryl methyl sites for hydroxylation is 1. The number of ether oxygens (including phenoxy) is 2. The van der Waals surface area contributed by atoms with E-state index in [1.54, 1.807) is 7.11 Å². The second-order valence-electron chi connectivity index (χ2n) is 9.41. The molecule has 2 aromatic carbocycles. The van der Waals surface area contributed by atoms with Crippen LogP contribution in [0, 0.1) is 17.1 Å². The van der Waals surface area contributed by atoms with Crippen LogP contribution < -0.4 is 20.1 Å². The van der Waals surface area contributed by atoms with Gasteiger partial charge in [0, 0.05) is 55.2 Å². The first kappa shape index (κ1) is 24.7. The third-order valence-electron chi connectivity index (χ3n) is 7.11. The third kappa shape index (κ3) is 4.85. The van der Waals surface area contributed by atoms with Crippen molar-refractivity contribution in [2.45, 2.75) is 32.2 Å². The lowest BCUT2D eigenvalue weighted by Gasteiger charge is -2.36. The highest BCUT2D eigenvalue weighted by atomic mass is 19.1. The van der Waals surface area contributed by atoms with Crippen LogP contribution in [0.4, 0.5) is 10.1 Å². The van der Waals surface area contributed by atoms with E-state index in [9.17, 15) is 9.65 Å². The molecule has 3 aromatic rings. The van der Waals surface area contributed by atoms with Crippen molar-refractivity contribution in [3.05, 3.63) is 82.1 Å². The van der Waals surface area contributed by atoms with Crippen LogP contribution in [0.1, 0.15) is 41.6 Å². The highest BCUT2D eigenvalue weighted by molar-refractivity contribution is 5.56. The van der Waals surface area contributed by atoms with Crippen LogP contribution >= 0.6 is 0 Å². The summed E-state index contributed by atoms with van der Waals surface area (Å²) < 4.78 is 24.7. The number of fused-ring (bicyclic) bond motifs is 1. The molecule has 0 radical (unpaired) electrons. The van der Waals surface area contributed by atoms with Gasteiger partial charge < -0.3 is 20.1 Å². The van der Waals surface area contributed by atoms with Gasteiger partial charge in [0.15, 0.2) is 0 Å². The maximum atomic E-state index is 13.3. The Hall–Kier alpha value is -4.03. The van der Waals surface area contributed by atoms with Gasteiger partial charge in [0.05, 0.1) is 13.0 Å². The molecule has 0 unspecified atom stereocenters. The Morgan fingerprint density at radius 1 is 1.19 bits per heavy atom. The number of allylic oxidation sites excluding steroid dienone is 1. The molecule has 8 nitrogen and oxygen atoms in total. The second-order valence-corrected chi connectivity index (χ2v) is 9.41. The van der Waals surface area contributed by atoms with E-state index in [2.05, 4.69) is 39.1 Å². The SMILES string of the molecule is CCCc1[nH]nc2c1[C@@H](c1ccc(OC)c(CN3CCN(c4ccc(F)cc4)CC3)c1)C(C#N)=C(N)O2. The first-order chi connectivity index (χ1) is 18.0. The third-order valence-corrected chi connectivity index (χ3v) is 7.11. The molecular formula is C28H31FN6O2. The quantitative estimate of drug-likeness (QED) is 0.502. The number of methoxy groups -OCH3 is 1. The molecule has 3 N–H and O–H groups in total. The molecule has 1 saturated heterocycles. The van der Waals surface area contributed by atoms with Crippen LogP contribution in [-0.2, 0) is 13.0 Å². The Morgan fingerprint density at radius 2 is 1.95 bits per heavy atom. The van der Waals surface area contributed by atoms with Crippen molar-refractivity contribution in [1.82, 2.24) is 15.1 Å². The molecule has 1 fully saturated rings. The zero-order valence-electron chi connectivity index (χ0n) is 21.1. The summed E-state index contributed by atoms with van der Waals surface area (Å²) in [6.07, 6.45) is 1.72. The minimum absolute atomic E-state index is 0.0869. The largest absolute Gasteiger partial charge is 0.496 e. The van der Waals surface area contributed by atoms with Gasteiger partial charge in [-0.1, -0.05) is 19.4 Å². The lowest BCUT2D eigenvalue weighted by molar-refractivity contribution is 0.246. The van der Waals surface area contributed by atoms with Crippen molar-refractivity contribution in [3.8, 4) is 17.7 Å². The van der Waals surface area contributed by atoms with Crippen LogP contribution in [0.15, 0.2) is 53.9 Å². The molecule has 2 aliphatic rings. The molecule has 0 bridgehead atoms. The molecule has 0 spiro atoms. The number of hydrogen-bond acceptors (Lipinski definition) is 7. The molecule has 0 saturated carbocycles. The van der Waals surface area contributed by atoms with Gasteiger partial charge in [0.2, 0.25) is 11.8 Å². The zero-order valence-corrected chi connectivity index (χ0v) is 21.1. The van der Waals surface area contributed by atoms with Gasteiger partial charge in [0.25, 0.3) is 0 Å². The standard InChI is InChI=1S/C28H31FN6O2/c1-3-4-23-26-25(22(16-30)27(31)37-28(26)33-32-23)18-5-10-24(36-2)19(15-18)17-34-11-13-35(14-12-34)21-8-6-20(29)7-9-21/h5-10,15,25H,3-4,11-14,17,31H2,1-2H3,(H,32,33)/t25-/m0/s1. The van der Waals surface area contributed by atoms with Crippen molar-refractivity contribution in [3.63, 3.8) is 0 Å². The molecule has 0 amide bonds. The Bertz CT molecular complexity index is 1340. The molecule has 9 heteroatoms. The number of benzene rings is 2. The van der Waals surface area contributed by atoms with Gasteiger partial charge in [-0.05, 0) is 48.4 Å². The number of piperazine rings is 1. The molecular weight excluding hydrogens is 471 g/mol. The number of rotatable bonds is 7. The van der Waals surface area contributed by atoms with Crippen molar-refractivity contribution >= 4 is 5.69 Å². The topological polar surface area (TPSA) is 103 Å². The van der Waals surface area contributed by atoms with Gasteiger partial charge >= 0.3 is 0 Å². The van der Waals surface area contributed by atoms with Crippen molar-refractivity contribution in [1.29, 1.82) is 5.26 Å². The van der Waals surface area contributed by atoms with E-state index >= 15 is 0 Å². The minimum Gasteiger partial charge on any atom is -0.496 e. The summed E-state index contributed by atoms with van der Waals surface area (Å²) in [4.78, 5) is 4.65. The number of aromatic nitrogens is 2. The smallest absolute Gasteiger partial charge is 0.244 e. The maximum absolute atomic E-state index is 13.3. The van der Waals surface area contributed by atoms with Crippen molar-refractivity contribution in [2.24, 2.45) is 5.73 Å². The number of nitrogens with one attached hydrogen (secondary N) is 1. The summed E-state index contributed by atoms with van der Waals surface area (Å²) in [7, 11) is 1.67. The number of nitrogens with zero attached hydrogens (tertiary/aromatic N) is 4. The first-order valence-corrected chi connectivity index (χ1v) is 12.6. The Balaban J connectivity index is 1.41. The Labute approximate surface area is 216 Å². The van der Waals surface area contributed by atoms with Crippen LogP contribution in [-0.4, -0.2) is 48.4 Å². The van der Waals surface area contributed by atoms with Gasteiger partial charge in [-0.25, -0.2) is 4.39 Å². The fourth-order valence-corrected chi connectivity index (χ4v) is 5.24. The van der Waals surface area contributed by atoms with Crippen LogP contribution in [0.3, 0.4) is 0 Å². The van der Waals surface area contributed by atoms with E-state index < -0.39 is 0 Å². The molecule has 37 heavy (non-hydrogen) atoms. The van der Waals surface area contributed by atoms with E-state index in [1.807, 2.05) is 24.3 Å². The maximum Gasteiger partial charge on any atom is 0.244 e. The fraction of sp³-hybridized carbons (Fsp3) is 0.357. The minimum atomic E-state index is -0.367. The lowest BCUT2D eigenvalue weighted by Crippen LogP contribution is -2.46. The number of H-pyrrole nitrogens is 1. The molecule has 3 heterocycles. The van der Waals surface area contributed by atoms with E-state index in [0.717, 1.165) is 72.8 Å². The average Bonchev–Trinajstić information content (AvgIpc) is 3.31. The van der Waals surface area contributed by atoms with Crippen molar-refractivity contribution in [2.75, 3.05) is 38.2 Å². The van der Waals surface area contributed by atoms with Gasteiger partial charge in [0.1, 0.15) is 23.2 Å². The second kappa shape index (κ2) is 10.5. The predicted molar refractivity (Wildman–Crippen MR) is 139 cm³/mol. The number of hydrogen-bond donors (Lipinski definition) is 2. The molecule has 5 rings (SSSR count). The molecule has 1 atom stereocenters. The van der Waals surface area contributed by atoms with Crippen molar-refractivity contribution < 1.29 is 13.9 Å². The lowest BCUT2D eigenvalue weighted by atomic mass is 9.82. The molecule has 1 aromatic heterocycles. The average molecular weight is 503 g/mol. The van der Waals surface area contributed by atoms with Crippen LogP contribution in [0.5, 0.6) is 11.6 Å². The Kier molecular flexibility index (Phi) is 7.01. The predicted octanol–water partition coefficient (Wildman–Crippen LogP) is 4.05. The van der Waals surface area contributed by atoms with Crippen LogP contribution in [0.25, 0.3) is 0 Å². The number of anilines is 1. The van der Waals surface area contributed by atoms with E-state index in [1.165, 1.54) is 12.1 Å². The monoisotopic (exact) mass is 502 g/mol. The summed E-state index contributed by atoms with van der Waals surface area (Å²) in [6.45, 7) is 6.24. The first-order valence-electron chi connectivity index (χ1n) is 12.6. The van der Waals surface area contributed by atoms with Gasteiger partial charge in [-0.3, -0.25) is 10.00 Å². The highest BCUT2D eigenvalue weighted by Gasteiger charge is 2.35. The number of halogens is 1. The number of nitrogens with two attached hydrogens (primary N) is 1. The van der Waals surface area contributed by atoms with E-state index in [0.29, 0.717) is 18.0 Å². The van der Waals surface area contributed by atoms with Crippen LogP contribution in [0.2, 0.25) is 0 Å². The zero-order chi connectivity index (χ0) is 25.9. The summed E-state index contributed by atoms with van der Waals surface area (Å²) in [5.41, 5.74) is 11.4. The summed E-state index contributed by atoms with van der Waals surface area (Å²) in [5.74, 6) is 0.727. The summed E-state index contributed by atoms with van der Waals surface area (Å²) in [6, 6.07) is 15.0. The number of aromatic amines is 1. The summed E-state index contributed by atoms with van der Waals surface area (Å²) >= 11 is 0. The normalized spacial score (nSPS) is 17.8. The fourth-order valence-electron chi connectivity index (χ4n) is 5.24. The number of nitriles is 1.